The van der Waals surface area contributed by atoms with Gasteiger partial charge < -0.3 is 15.0 Å². The van der Waals surface area contributed by atoms with Gasteiger partial charge in [-0.3, -0.25) is 4.98 Å². The number of hydrogen-bond donors (Lipinski definition) is 1. The van der Waals surface area contributed by atoms with Gasteiger partial charge in [0, 0.05) is 13.2 Å². The minimum Gasteiger partial charge on any atom is -0.434 e. The lowest BCUT2D eigenvalue weighted by Crippen LogP contribution is -1.96. The van der Waals surface area contributed by atoms with Gasteiger partial charge in [-0.15, -0.1) is 0 Å². The Bertz CT molecular complexity index is 424. The van der Waals surface area contributed by atoms with Gasteiger partial charge in [-0.25, -0.2) is 4.98 Å². The number of nitrogen functional groups attached to an aromatic ring is 1. The summed E-state index contributed by atoms with van der Waals surface area (Å²) in [6, 6.07) is 3.58. The van der Waals surface area contributed by atoms with E-state index in [1.807, 2.05) is 0 Å². The van der Waals surface area contributed by atoms with Crippen LogP contribution < -0.4 is 10.5 Å². The molecular formula is C9H10N4O. The normalized spacial score (nSPS) is 10.1. The molecule has 2 aromatic rings. The van der Waals surface area contributed by atoms with Gasteiger partial charge in [-0.1, -0.05) is 0 Å². The van der Waals surface area contributed by atoms with Gasteiger partial charge in [-0.05, 0) is 12.1 Å². The summed E-state index contributed by atoms with van der Waals surface area (Å²) in [6.45, 7) is 0. The van der Waals surface area contributed by atoms with Gasteiger partial charge in [-0.2, -0.15) is 0 Å². The molecule has 2 N–H and O–H groups in total. The standard InChI is InChI=1S/C9H10N4O/c1-13-6-12-9(8(13)10)14-7-3-2-4-11-5-7/h2-6H,10H2,1H3. The third-order valence-electron chi connectivity index (χ3n) is 1.80. The molecule has 0 aliphatic heterocycles. The second-order valence-corrected chi connectivity index (χ2v) is 2.84. The first kappa shape index (κ1) is 8.55. The van der Waals surface area contributed by atoms with Crippen molar-refractivity contribution in [2.45, 2.75) is 0 Å². The molecule has 0 atom stereocenters. The lowest BCUT2D eigenvalue weighted by atomic mass is 10.5. The number of imidazole rings is 1. The zero-order chi connectivity index (χ0) is 9.97. The number of hydrogen-bond acceptors (Lipinski definition) is 4. The molecule has 0 bridgehead atoms. The lowest BCUT2D eigenvalue weighted by Gasteiger charge is -2.02. The number of nitrogens with two attached hydrogens (primary N) is 1. The molecule has 0 amide bonds. The topological polar surface area (TPSA) is 66.0 Å². The molecule has 0 saturated carbocycles. The van der Waals surface area contributed by atoms with E-state index in [0.29, 0.717) is 17.4 Å². The number of aromatic nitrogens is 3. The van der Waals surface area contributed by atoms with Crippen LogP contribution in [0.3, 0.4) is 0 Å². The Morgan fingerprint density at radius 3 is 2.93 bits per heavy atom. The lowest BCUT2D eigenvalue weighted by molar-refractivity contribution is 0.465. The predicted molar refractivity (Wildman–Crippen MR) is 51.9 cm³/mol. The Morgan fingerprint density at radius 1 is 1.50 bits per heavy atom. The molecular weight excluding hydrogens is 180 g/mol. The second-order valence-electron chi connectivity index (χ2n) is 2.84. The molecule has 0 saturated heterocycles. The predicted octanol–water partition coefficient (Wildman–Crippen LogP) is 1.19. The van der Waals surface area contributed by atoms with E-state index >= 15 is 0 Å². The van der Waals surface area contributed by atoms with Crippen LogP contribution in [0.5, 0.6) is 11.6 Å². The van der Waals surface area contributed by atoms with Crippen molar-refractivity contribution >= 4 is 5.82 Å². The van der Waals surface area contributed by atoms with E-state index in [2.05, 4.69) is 9.97 Å². The fourth-order valence-electron chi connectivity index (χ4n) is 1.02. The summed E-state index contributed by atoms with van der Waals surface area (Å²) in [5.74, 6) is 1.52. The first-order chi connectivity index (χ1) is 6.77. The third kappa shape index (κ3) is 1.52. The zero-order valence-electron chi connectivity index (χ0n) is 7.71. The van der Waals surface area contributed by atoms with Crippen LogP contribution in [0.1, 0.15) is 0 Å². The SMILES string of the molecule is Cn1cnc(Oc2cccnc2)c1N. The number of rotatable bonds is 2. The highest BCUT2D eigenvalue weighted by molar-refractivity contribution is 5.43. The minimum absolute atomic E-state index is 0.403. The number of anilines is 1. The van der Waals surface area contributed by atoms with Gasteiger partial charge in [0.25, 0.3) is 5.88 Å². The Hall–Kier alpha value is -2.04. The van der Waals surface area contributed by atoms with Gasteiger partial charge in [0.1, 0.15) is 12.1 Å². The molecule has 2 rings (SSSR count). The number of nitrogens with zero attached hydrogens (tertiary/aromatic N) is 3. The smallest absolute Gasteiger partial charge is 0.262 e. The third-order valence-corrected chi connectivity index (χ3v) is 1.80. The van der Waals surface area contributed by atoms with Crippen LogP contribution in [0.2, 0.25) is 0 Å². The van der Waals surface area contributed by atoms with Crippen LogP contribution in [0, 0.1) is 0 Å². The Balaban J connectivity index is 2.23. The van der Waals surface area contributed by atoms with E-state index in [0.717, 1.165) is 0 Å². The molecule has 0 spiro atoms. The first-order valence-corrected chi connectivity index (χ1v) is 4.12. The van der Waals surface area contributed by atoms with Crippen molar-refractivity contribution in [3.05, 3.63) is 30.9 Å². The van der Waals surface area contributed by atoms with Crippen molar-refractivity contribution in [1.82, 2.24) is 14.5 Å². The molecule has 14 heavy (non-hydrogen) atoms. The Kier molecular flexibility index (Phi) is 2.06. The molecule has 0 fully saturated rings. The Labute approximate surface area is 81.2 Å². The summed E-state index contributed by atoms with van der Waals surface area (Å²) in [4.78, 5) is 7.92. The second kappa shape index (κ2) is 3.37. The van der Waals surface area contributed by atoms with Gasteiger partial charge in [0.05, 0.1) is 6.20 Å². The molecule has 5 nitrogen and oxygen atoms in total. The molecule has 2 aromatic heterocycles. The van der Waals surface area contributed by atoms with E-state index in [-0.39, 0.29) is 0 Å². The van der Waals surface area contributed by atoms with Gasteiger partial charge >= 0.3 is 0 Å². The average Bonchev–Trinajstić information content (AvgIpc) is 2.52. The highest BCUT2D eigenvalue weighted by Gasteiger charge is 2.06. The maximum Gasteiger partial charge on any atom is 0.262 e. The van der Waals surface area contributed by atoms with Crippen molar-refractivity contribution in [2.75, 3.05) is 5.73 Å². The zero-order valence-corrected chi connectivity index (χ0v) is 7.71. The van der Waals surface area contributed by atoms with E-state index < -0.39 is 0 Å². The van der Waals surface area contributed by atoms with Crippen molar-refractivity contribution in [3.8, 4) is 11.6 Å². The largest absolute Gasteiger partial charge is 0.434 e. The summed E-state index contributed by atoms with van der Waals surface area (Å²) in [7, 11) is 1.80. The van der Waals surface area contributed by atoms with Crippen LogP contribution in [0.25, 0.3) is 0 Å². The van der Waals surface area contributed by atoms with Crippen LogP contribution in [-0.2, 0) is 7.05 Å². The first-order valence-electron chi connectivity index (χ1n) is 4.12. The fraction of sp³-hybridized carbons (Fsp3) is 0.111. The number of pyridine rings is 1. The van der Waals surface area contributed by atoms with E-state index in [1.165, 1.54) is 0 Å². The monoisotopic (exact) mass is 190 g/mol. The molecule has 0 aliphatic carbocycles. The van der Waals surface area contributed by atoms with Gasteiger partial charge in [0.15, 0.2) is 5.82 Å². The minimum atomic E-state index is 0.403. The van der Waals surface area contributed by atoms with E-state index in [1.54, 1.807) is 42.5 Å². The van der Waals surface area contributed by atoms with E-state index in [9.17, 15) is 0 Å². The maximum absolute atomic E-state index is 5.71. The average molecular weight is 190 g/mol. The summed E-state index contributed by atoms with van der Waals surface area (Å²) < 4.78 is 7.10. The molecule has 5 heteroatoms. The van der Waals surface area contributed by atoms with Gasteiger partial charge in [0.2, 0.25) is 0 Å². The van der Waals surface area contributed by atoms with Crippen molar-refractivity contribution in [3.63, 3.8) is 0 Å². The van der Waals surface area contributed by atoms with Crippen LogP contribution in [-0.4, -0.2) is 14.5 Å². The summed E-state index contributed by atoms with van der Waals surface area (Å²) in [5.41, 5.74) is 5.71. The molecule has 2 heterocycles. The maximum atomic E-state index is 5.71. The molecule has 72 valence electrons. The molecule has 0 radical (unpaired) electrons. The van der Waals surface area contributed by atoms with Crippen molar-refractivity contribution in [1.29, 1.82) is 0 Å². The number of ether oxygens (including phenoxy) is 1. The van der Waals surface area contributed by atoms with Crippen LogP contribution >= 0.6 is 0 Å². The quantitative estimate of drug-likeness (QED) is 0.772. The Morgan fingerprint density at radius 2 is 2.36 bits per heavy atom. The van der Waals surface area contributed by atoms with Crippen molar-refractivity contribution in [2.24, 2.45) is 7.05 Å². The molecule has 0 aromatic carbocycles. The summed E-state index contributed by atoms with van der Waals surface area (Å²) >= 11 is 0. The highest BCUT2D eigenvalue weighted by Crippen LogP contribution is 2.23. The number of aryl methyl sites for hydroxylation is 1. The van der Waals surface area contributed by atoms with E-state index in [4.69, 9.17) is 10.5 Å². The molecule has 0 unspecified atom stereocenters. The summed E-state index contributed by atoms with van der Waals surface area (Å²) in [6.07, 6.45) is 4.88. The van der Waals surface area contributed by atoms with Crippen LogP contribution in [0.4, 0.5) is 5.82 Å². The summed E-state index contributed by atoms with van der Waals surface area (Å²) in [5, 5.41) is 0. The van der Waals surface area contributed by atoms with Crippen LogP contribution in [0.15, 0.2) is 30.9 Å². The highest BCUT2D eigenvalue weighted by atomic mass is 16.5. The fourth-order valence-corrected chi connectivity index (χ4v) is 1.02. The van der Waals surface area contributed by atoms with Crippen molar-refractivity contribution < 1.29 is 4.74 Å². The molecule has 0 aliphatic rings.